The fourth-order valence-electron chi connectivity index (χ4n) is 4.67. The molecule has 1 aliphatic heterocycles. The number of rotatable bonds is 11. The minimum Gasteiger partial charge on any atom is -0.465 e. The van der Waals surface area contributed by atoms with Crippen LogP contribution in [-0.4, -0.2) is 99.1 Å². The van der Waals surface area contributed by atoms with Crippen LogP contribution in [0.1, 0.15) is 48.9 Å². The molecule has 1 aromatic heterocycles. The average Bonchev–Trinajstić information content (AvgIpc) is 3.28. The number of hydrogen-bond donors (Lipinski definition) is 2. The van der Waals surface area contributed by atoms with Gasteiger partial charge in [-0.25, -0.2) is 9.48 Å². The van der Waals surface area contributed by atoms with Crippen LogP contribution < -0.4 is 0 Å². The molecule has 204 valence electrons. The van der Waals surface area contributed by atoms with Crippen LogP contribution in [0.15, 0.2) is 24.3 Å². The maximum atomic E-state index is 14.1. The third-order valence-corrected chi connectivity index (χ3v) is 6.66. The smallest absolute Gasteiger partial charge is 0.407 e. The molecular formula is C26H39N5O6. The highest BCUT2D eigenvalue weighted by molar-refractivity contribution is 5.93. The molecule has 0 aliphatic carbocycles. The van der Waals surface area contributed by atoms with E-state index >= 15 is 0 Å². The van der Waals surface area contributed by atoms with E-state index in [4.69, 9.17) is 9.47 Å². The van der Waals surface area contributed by atoms with Gasteiger partial charge >= 0.3 is 6.09 Å². The van der Waals surface area contributed by atoms with Gasteiger partial charge in [0.05, 0.1) is 37.7 Å². The van der Waals surface area contributed by atoms with Gasteiger partial charge in [-0.2, -0.15) is 0 Å². The summed E-state index contributed by atoms with van der Waals surface area (Å²) in [5.74, 6) is -0.487. The highest BCUT2D eigenvalue weighted by atomic mass is 16.5. The van der Waals surface area contributed by atoms with E-state index < -0.39 is 18.2 Å². The van der Waals surface area contributed by atoms with E-state index in [1.165, 1.54) is 4.90 Å². The highest BCUT2D eigenvalue weighted by Gasteiger charge is 2.38. The standard InChI is InChI=1S/C26H39N5O6/c1-17(2)13-30(21-12-20(19(4)32)14-29(15-21)26(34)35)25(33)24-23(16-37-11-10-36-5)31(28-27-24)22-9-7-6-8-18(22)3/h6-9,17,19-21,32H,10-16H2,1-5H3,(H,34,35)/t19?,20-,21+/m1/s1. The maximum absolute atomic E-state index is 14.1. The predicted octanol–water partition coefficient (Wildman–Crippen LogP) is 2.59. The van der Waals surface area contributed by atoms with Gasteiger partial charge in [-0.15, -0.1) is 5.10 Å². The summed E-state index contributed by atoms with van der Waals surface area (Å²) in [5.41, 5.74) is 2.44. The molecule has 2 amide bonds. The molecule has 3 rings (SSSR count). The molecule has 1 unspecified atom stereocenters. The van der Waals surface area contributed by atoms with Crippen LogP contribution in [0.25, 0.3) is 5.69 Å². The van der Waals surface area contributed by atoms with E-state index in [0.29, 0.717) is 31.9 Å². The number of aromatic nitrogens is 3. The van der Waals surface area contributed by atoms with Gasteiger partial charge in [0, 0.05) is 32.7 Å². The molecular weight excluding hydrogens is 478 g/mol. The predicted molar refractivity (Wildman–Crippen MR) is 137 cm³/mol. The molecule has 2 N–H and O–H groups in total. The molecule has 3 atom stereocenters. The number of nitrogens with zero attached hydrogens (tertiary/aromatic N) is 5. The van der Waals surface area contributed by atoms with Gasteiger partial charge in [-0.05, 0) is 37.8 Å². The topological polar surface area (TPSA) is 130 Å². The lowest BCUT2D eigenvalue weighted by molar-refractivity contribution is 0.0132. The molecule has 0 spiro atoms. The van der Waals surface area contributed by atoms with E-state index in [0.717, 1.165) is 11.3 Å². The van der Waals surface area contributed by atoms with Crippen LogP contribution >= 0.6 is 0 Å². The third-order valence-electron chi connectivity index (χ3n) is 6.66. The number of methoxy groups -OCH3 is 1. The van der Waals surface area contributed by atoms with E-state index in [1.807, 2.05) is 45.0 Å². The molecule has 37 heavy (non-hydrogen) atoms. The van der Waals surface area contributed by atoms with Crippen molar-refractivity contribution in [3.63, 3.8) is 0 Å². The van der Waals surface area contributed by atoms with Crippen molar-refractivity contribution in [2.24, 2.45) is 11.8 Å². The highest BCUT2D eigenvalue weighted by Crippen LogP contribution is 2.27. The van der Waals surface area contributed by atoms with E-state index in [9.17, 15) is 19.8 Å². The number of aliphatic hydroxyl groups is 1. The van der Waals surface area contributed by atoms with Gasteiger partial charge < -0.3 is 29.5 Å². The lowest BCUT2D eigenvalue weighted by Crippen LogP contribution is -2.56. The van der Waals surface area contributed by atoms with Crippen molar-refractivity contribution in [2.45, 2.75) is 52.9 Å². The zero-order chi connectivity index (χ0) is 27.1. The summed E-state index contributed by atoms with van der Waals surface area (Å²) in [4.78, 5) is 28.9. The Morgan fingerprint density at radius 3 is 2.54 bits per heavy atom. The maximum Gasteiger partial charge on any atom is 0.407 e. The number of piperidine rings is 1. The molecule has 2 heterocycles. The first-order valence-corrected chi connectivity index (χ1v) is 12.7. The summed E-state index contributed by atoms with van der Waals surface area (Å²) in [7, 11) is 1.59. The number of ether oxygens (including phenoxy) is 2. The Morgan fingerprint density at radius 2 is 1.92 bits per heavy atom. The van der Waals surface area contributed by atoms with Crippen molar-refractivity contribution in [1.82, 2.24) is 24.8 Å². The van der Waals surface area contributed by atoms with Gasteiger partial charge in [-0.3, -0.25) is 4.79 Å². The Kier molecular flexibility index (Phi) is 10.0. The molecule has 11 nitrogen and oxygen atoms in total. The first-order chi connectivity index (χ1) is 17.6. The monoisotopic (exact) mass is 517 g/mol. The van der Waals surface area contributed by atoms with E-state index in [-0.39, 0.29) is 43.1 Å². The van der Waals surface area contributed by atoms with Crippen molar-refractivity contribution in [3.8, 4) is 5.69 Å². The zero-order valence-corrected chi connectivity index (χ0v) is 22.3. The van der Waals surface area contributed by atoms with Crippen LogP contribution in [0.2, 0.25) is 0 Å². The second-order valence-electron chi connectivity index (χ2n) is 10.1. The number of hydrogen-bond acceptors (Lipinski definition) is 7. The Morgan fingerprint density at radius 1 is 1.19 bits per heavy atom. The van der Waals surface area contributed by atoms with E-state index in [2.05, 4.69) is 10.3 Å². The third kappa shape index (κ3) is 7.06. The summed E-state index contributed by atoms with van der Waals surface area (Å²) in [6, 6.07) is 7.27. The fraction of sp³-hybridized carbons (Fsp3) is 0.615. The molecule has 11 heteroatoms. The van der Waals surface area contributed by atoms with Crippen molar-refractivity contribution in [3.05, 3.63) is 41.2 Å². The van der Waals surface area contributed by atoms with Crippen LogP contribution in [0.5, 0.6) is 0 Å². The molecule has 1 fully saturated rings. The number of aryl methyl sites for hydroxylation is 1. The lowest BCUT2D eigenvalue weighted by atomic mass is 9.89. The number of aliphatic hydroxyl groups excluding tert-OH is 1. The summed E-state index contributed by atoms with van der Waals surface area (Å²) in [6.07, 6.45) is -1.27. The van der Waals surface area contributed by atoms with Gasteiger partial charge in [0.2, 0.25) is 0 Å². The van der Waals surface area contributed by atoms with Crippen molar-refractivity contribution in [2.75, 3.05) is 40.0 Å². The van der Waals surface area contributed by atoms with Crippen LogP contribution in [0.3, 0.4) is 0 Å². The number of carboxylic acid groups (broad SMARTS) is 1. The Balaban J connectivity index is 2.00. The second-order valence-corrected chi connectivity index (χ2v) is 10.1. The van der Waals surface area contributed by atoms with E-state index in [1.54, 1.807) is 23.6 Å². The minimum absolute atomic E-state index is 0.101. The second kappa shape index (κ2) is 13.0. The van der Waals surface area contributed by atoms with Crippen molar-refractivity contribution < 1.29 is 29.3 Å². The SMILES string of the molecule is COCCOCc1c(C(=O)N(CC(C)C)[C@H]2C[C@@H](C(C)O)CN(C(=O)O)C2)nnn1-c1ccccc1C. The normalized spacial score (nSPS) is 18.7. The largest absolute Gasteiger partial charge is 0.465 e. The molecule has 1 saturated heterocycles. The molecule has 0 bridgehead atoms. The number of likely N-dealkylation sites (tertiary alicyclic amines) is 1. The average molecular weight is 518 g/mol. The van der Waals surface area contributed by atoms with Gasteiger partial charge in [-0.1, -0.05) is 37.3 Å². The Labute approximate surface area is 218 Å². The van der Waals surface area contributed by atoms with Crippen LogP contribution in [0, 0.1) is 18.8 Å². The molecule has 1 aliphatic rings. The van der Waals surface area contributed by atoms with Gasteiger partial charge in [0.25, 0.3) is 5.91 Å². The zero-order valence-electron chi connectivity index (χ0n) is 22.3. The minimum atomic E-state index is -1.06. The summed E-state index contributed by atoms with van der Waals surface area (Å²) >= 11 is 0. The number of amides is 2. The molecule has 1 aromatic carbocycles. The number of carbonyl (C=O) groups excluding carboxylic acids is 1. The van der Waals surface area contributed by atoms with Gasteiger partial charge in [0.15, 0.2) is 5.69 Å². The first kappa shape index (κ1) is 28.5. The van der Waals surface area contributed by atoms with Crippen molar-refractivity contribution >= 4 is 12.0 Å². The lowest BCUT2D eigenvalue weighted by Gasteiger charge is -2.43. The fourth-order valence-corrected chi connectivity index (χ4v) is 4.67. The molecule has 0 radical (unpaired) electrons. The first-order valence-electron chi connectivity index (χ1n) is 12.7. The number of para-hydroxylation sites is 1. The number of carbonyl (C=O) groups is 2. The van der Waals surface area contributed by atoms with Gasteiger partial charge in [0.1, 0.15) is 5.69 Å². The van der Waals surface area contributed by atoms with Crippen molar-refractivity contribution in [1.29, 1.82) is 0 Å². The summed E-state index contributed by atoms with van der Waals surface area (Å²) < 4.78 is 12.5. The molecule has 2 aromatic rings. The summed E-state index contributed by atoms with van der Waals surface area (Å²) in [6.45, 7) is 9.27. The van der Waals surface area contributed by atoms with Crippen LogP contribution in [0.4, 0.5) is 4.79 Å². The number of benzene rings is 1. The molecule has 0 saturated carbocycles. The summed E-state index contributed by atoms with van der Waals surface area (Å²) in [5, 5.41) is 28.6. The Bertz CT molecular complexity index is 1060. The van der Waals surface area contributed by atoms with Crippen LogP contribution in [-0.2, 0) is 16.1 Å². The Hall–Kier alpha value is -3.02. The quantitative estimate of drug-likeness (QED) is 0.435.